The van der Waals surface area contributed by atoms with Crippen molar-refractivity contribution in [2.24, 2.45) is 11.5 Å². The zero-order valence-electron chi connectivity index (χ0n) is 9.54. The first-order valence-electron chi connectivity index (χ1n) is 5.28. The third-order valence-electron chi connectivity index (χ3n) is 2.27. The summed E-state index contributed by atoms with van der Waals surface area (Å²) in [5.74, 6) is -0.0580. The SMILES string of the molecule is NCc1ccc(Oc2nccnc2C(N)=O)cc1. The lowest BCUT2D eigenvalue weighted by Crippen LogP contribution is -2.14. The number of benzene rings is 1. The predicted molar refractivity (Wildman–Crippen MR) is 65.0 cm³/mol. The minimum Gasteiger partial charge on any atom is -0.437 e. The van der Waals surface area contributed by atoms with Crippen molar-refractivity contribution in [3.8, 4) is 11.6 Å². The first-order valence-corrected chi connectivity index (χ1v) is 5.28. The molecule has 0 saturated carbocycles. The Morgan fingerprint density at radius 3 is 2.44 bits per heavy atom. The van der Waals surface area contributed by atoms with Crippen molar-refractivity contribution in [3.05, 3.63) is 47.9 Å². The number of carbonyl (C=O) groups excluding carboxylic acids is 1. The van der Waals surface area contributed by atoms with Gasteiger partial charge in [-0.2, -0.15) is 0 Å². The van der Waals surface area contributed by atoms with Gasteiger partial charge in [-0.1, -0.05) is 12.1 Å². The Kier molecular flexibility index (Phi) is 3.49. The number of ether oxygens (including phenoxy) is 1. The topological polar surface area (TPSA) is 104 Å². The van der Waals surface area contributed by atoms with Gasteiger partial charge in [-0.15, -0.1) is 0 Å². The van der Waals surface area contributed by atoms with Crippen LogP contribution in [0.4, 0.5) is 0 Å². The van der Waals surface area contributed by atoms with Crippen molar-refractivity contribution < 1.29 is 9.53 Å². The van der Waals surface area contributed by atoms with E-state index in [1.165, 1.54) is 12.4 Å². The highest BCUT2D eigenvalue weighted by atomic mass is 16.5. The summed E-state index contributed by atoms with van der Waals surface area (Å²) in [7, 11) is 0. The molecule has 0 aliphatic rings. The molecule has 0 aliphatic carbocycles. The Labute approximate surface area is 104 Å². The van der Waals surface area contributed by atoms with Crippen LogP contribution < -0.4 is 16.2 Å². The van der Waals surface area contributed by atoms with E-state index < -0.39 is 5.91 Å². The molecule has 2 rings (SSSR count). The van der Waals surface area contributed by atoms with Gasteiger partial charge in [0.05, 0.1) is 0 Å². The quantitative estimate of drug-likeness (QED) is 0.828. The maximum absolute atomic E-state index is 11.1. The number of amides is 1. The number of hydrogen-bond donors (Lipinski definition) is 2. The van der Waals surface area contributed by atoms with E-state index in [4.69, 9.17) is 16.2 Å². The van der Waals surface area contributed by atoms with Crippen molar-refractivity contribution in [2.45, 2.75) is 6.54 Å². The molecule has 0 saturated heterocycles. The molecular formula is C12H12N4O2. The van der Waals surface area contributed by atoms with Gasteiger partial charge >= 0.3 is 0 Å². The molecule has 0 spiro atoms. The summed E-state index contributed by atoms with van der Waals surface area (Å²) in [6.07, 6.45) is 2.81. The number of nitrogens with zero attached hydrogens (tertiary/aromatic N) is 2. The number of rotatable bonds is 4. The molecule has 1 heterocycles. The summed E-state index contributed by atoms with van der Waals surface area (Å²) < 4.78 is 5.46. The van der Waals surface area contributed by atoms with Crippen molar-refractivity contribution in [1.82, 2.24) is 9.97 Å². The van der Waals surface area contributed by atoms with Crippen molar-refractivity contribution in [1.29, 1.82) is 0 Å². The molecule has 0 bridgehead atoms. The third-order valence-corrected chi connectivity index (χ3v) is 2.27. The van der Waals surface area contributed by atoms with E-state index >= 15 is 0 Å². The van der Waals surface area contributed by atoms with Crippen molar-refractivity contribution in [2.75, 3.05) is 0 Å². The monoisotopic (exact) mass is 244 g/mol. The Morgan fingerprint density at radius 1 is 1.17 bits per heavy atom. The van der Waals surface area contributed by atoms with Gasteiger partial charge in [0, 0.05) is 18.9 Å². The second kappa shape index (κ2) is 5.24. The fourth-order valence-corrected chi connectivity index (χ4v) is 1.37. The van der Waals surface area contributed by atoms with Crippen LogP contribution in [0.25, 0.3) is 0 Å². The van der Waals surface area contributed by atoms with Crippen LogP contribution in [0.5, 0.6) is 11.6 Å². The molecule has 0 radical (unpaired) electrons. The molecule has 0 atom stereocenters. The summed E-state index contributed by atoms with van der Waals surface area (Å²) in [5, 5.41) is 0. The second-order valence-corrected chi connectivity index (χ2v) is 3.52. The average molecular weight is 244 g/mol. The largest absolute Gasteiger partial charge is 0.437 e. The molecule has 1 aromatic heterocycles. The van der Waals surface area contributed by atoms with E-state index in [-0.39, 0.29) is 11.6 Å². The summed E-state index contributed by atoms with van der Waals surface area (Å²) in [6.45, 7) is 0.456. The highest BCUT2D eigenvalue weighted by Crippen LogP contribution is 2.21. The number of hydrogen-bond acceptors (Lipinski definition) is 5. The Morgan fingerprint density at radius 2 is 1.83 bits per heavy atom. The smallest absolute Gasteiger partial charge is 0.272 e. The summed E-state index contributed by atoms with van der Waals surface area (Å²) in [6, 6.07) is 7.13. The summed E-state index contributed by atoms with van der Waals surface area (Å²) in [4.78, 5) is 18.9. The van der Waals surface area contributed by atoms with Crippen LogP contribution in [0.3, 0.4) is 0 Å². The van der Waals surface area contributed by atoms with E-state index in [1.54, 1.807) is 12.1 Å². The highest BCUT2D eigenvalue weighted by Gasteiger charge is 2.12. The molecular weight excluding hydrogens is 232 g/mol. The first-order chi connectivity index (χ1) is 8.70. The van der Waals surface area contributed by atoms with Crippen LogP contribution in [-0.4, -0.2) is 15.9 Å². The Balaban J connectivity index is 2.25. The molecule has 92 valence electrons. The number of carbonyl (C=O) groups is 1. The molecule has 0 unspecified atom stereocenters. The summed E-state index contributed by atoms with van der Waals surface area (Å²) >= 11 is 0. The first kappa shape index (κ1) is 12.0. The van der Waals surface area contributed by atoms with E-state index in [0.29, 0.717) is 12.3 Å². The van der Waals surface area contributed by atoms with Gasteiger partial charge in [-0.3, -0.25) is 4.79 Å². The van der Waals surface area contributed by atoms with Gasteiger partial charge in [0.2, 0.25) is 0 Å². The number of primary amides is 1. The molecule has 6 heteroatoms. The van der Waals surface area contributed by atoms with Crippen LogP contribution >= 0.6 is 0 Å². The minimum atomic E-state index is -0.684. The van der Waals surface area contributed by atoms with E-state index in [0.717, 1.165) is 5.56 Å². The van der Waals surface area contributed by atoms with E-state index in [1.807, 2.05) is 12.1 Å². The second-order valence-electron chi connectivity index (χ2n) is 3.52. The lowest BCUT2D eigenvalue weighted by Gasteiger charge is -2.07. The lowest BCUT2D eigenvalue weighted by atomic mass is 10.2. The van der Waals surface area contributed by atoms with E-state index in [9.17, 15) is 4.79 Å². The lowest BCUT2D eigenvalue weighted by molar-refractivity contribution is 0.0992. The number of nitrogens with two attached hydrogens (primary N) is 2. The van der Waals surface area contributed by atoms with Crippen molar-refractivity contribution in [3.63, 3.8) is 0 Å². The maximum Gasteiger partial charge on any atom is 0.272 e. The van der Waals surface area contributed by atoms with E-state index in [2.05, 4.69) is 9.97 Å². The average Bonchev–Trinajstić information content (AvgIpc) is 2.40. The molecule has 1 amide bonds. The van der Waals surface area contributed by atoms with Gasteiger partial charge in [-0.05, 0) is 17.7 Å². The number of aromatic nitrogens is 2. The molecule has 0 aliphatic heterocycles. The maximum atomic E-state index is 11.1. The van der Waals surface area contributed by atoms with Gasteiger partial charge in [0.1, 0.15) is 5.75 Å². The van der Waals surface area contributed by atoms with Gasteiger partial charge < -0.3 is 16.2 Å². The third kappa shape index (κ3) is 2.61. The fourth-order valence-electron chi connectivity index (χ4n) is 1.37. The molecule has 4 N–H and O–H groups in total. The zero-order valence-corrected chi connectivity index (χ0v) is 9.54. The van der Waals surface area contributed by atoms with Crippen LogP contribution in [0, 0.1) is 0 Å². The van der Waals surface area contributed by atoms with Crippen LogP contribution in [0.1, 0.15) is 16.1 Å². The van der Waals surface area contributed by atoms with Crippen LogP contribution in [0.15, 0.2) is 36.7 Å². The standard InChI is InChI=1S/C12H12N4O2/c13-7-8-1-3-9(4-2-8)18-12-10(11(14)17)15-5-6-16-12/h1-6H,7,13H2,(H2,14,17). The van der Waals surface area contributed by atoms with Gasteiger partial charge in [0.25, 0.3) is 11.8 Å². The zero-order chi connectivity index (χ0) is 13.0. The van der Waals surface area contributed by atoms with Gasteiger partial charge in [-0.25, -0.2) is 9.97 Å². The van der Waals surface area contributed by atoms with Crippen LogP contribution in [-0.2, 0) is 6.54 Å². The Bertz CT molecular complexity index is 554. The van der Waals surface area contributed by atoms with Crippen LogP contribution in [0.2, 0.25) is 0 Å². The molecule has 1 aromatic carbocycles. The molecule has 18 heavy (non-hydrogen) atoms. The van der Waals surface area contributed by atoms with Crippen molar-refractivity contribution >= 4 is 5.91 Å². The predicted octanol–water partition coefficient (Wildman–Crippen LogP) is 0.826. The minimum absolute atomic E-state index is 0.000372. The normalized spacial score (nSPS) is 10.1. The highest BCUT2D eigenvalue weighted by molar-refractivity contribution is 5.92. The Hall–Kier alpha value is -2.47. The molecule has 0 fully saturated rings. The fraction of sp³-hybridized carbons (Fsp3) is 0.0833. The molecule has 6 nitrogen and oxygen atoms in total. The summed E-state index contributed by atoms with van der Waals surface area (Å²) in [5.41, 5.74) is 11.7. The van der Waals surface area contributed by atoms with Gasteiger partial charge in [0.15, 0.2) is 5.69 Å². The molecule has 2 aromatic rings.